The summed E-state index contributed by atoms with van der Waals surface area (Å²) in [5, 5.41) is 21.8. The highest BCUT2D eigenvalue weighted by Gasteiger charge is 2.55. The quantitative estimate of drug-likeness (QED) is 0.696. The molecule has 0 spiro atoms. The Balaban J connectivity index is 1.61. The molecular formula is C28H33N3O4. The van der Waals surface area contributed by atoms with Gasteiger partial charge in [0.15, 0.2) is 11.5 Å². The Morgan fingerprint density at radius 1 is 1.11 bits per heavy atom. The van der Waals surface area contributed by atoms with Gasteiger partial charge in [-0.05, 0) is 69.3 Å². The monoisotopic (exact) mass is 475 g/mol. The van der Waals surface area contributed by atoms with Crippen LogP contribution in [0.5, 0.6) is 23.0 Å². The van der Waals surface area contributed by atoms with E-state index in [9.17, 15) is 10.4 Å². The second-order valence-electron chi connectivity index (χ2n) is 10.5. The van der Waals surface area contributed by atoms with Gasteiger partial charge in [-0.2, -0.15) is 5.26 Å². The minimum atomic E-state index is -0.267. The van der Waals surface area contributed by atoms with Crippen molar-refractivity contribution in [2.45, 2.75) is 77.2 Å². The first kappa shape index (κ1) is 22.5. The lowest BCUT2D eigenvalue weighted by atomic mass is 9.70. The molecule has 1 fully saturated rings. The number of hydrogen-bond donors (Lipinski definition) is 1. The summed E-state index contributed by atoms with van der Waals surface area (Å²) in [6, 6.07) is 4.85. The van der Waals surface area contributed by atoms with Gasteiger partial charge in [0.25, 0.3) is 0 Å². The lowest BCUT2D eigenvalue weighted by Gasteiger charge is -2.60. The van der Waals surface area contributed by atoms with Crippen LogP contribution < -0.4 is 14.2 Å². The molecule has 0 saturated carbocycles. The van der Waals surface area contributed by atoms with E-state index >= 15 is 0 Å². The number of aryl methyl sites for hydroxylation is 1. The summed E-state index contributed by atoms with van der Waals surface area (Å²) in [5.74, 6) is 2.63. The number of hydrogen-bond acceptors (Lipinski definition) is 7. The van der Waals surface area contributed by atoms with E-state index in [1.165, 1.54) is 16.7 Å². The molecule has 2 aromatic carbocycles. The van der Waals surface area contributed by atoms with Crippen LogP contribution in [0.3, 0.4) is 0 Å². The lowest BCUT2D eigenvalue weighted by molar-refractivity contribution is -0.0732. The van der Waals surface area contributed by atoms with Gasteiger partial charge in [-0.15, -0.1) is 0 Å². The molecular weight excluding hydrogens is 442 g/mol. The number of nitriles is 1. The fourth-order valence-electron chi connectivity index (χ4n) is 7.59. The molecule has 184 valence electrons. The van der Waals surface area contributed by atoms with Crippen molar-refractivity contribution in [1.29, 1.82) is 5.26 Å². The summed E-state index contributed by atoms with van der Waals surface area (Å²) in [6.45, 7) is 8.47. The van der Waals surface area contributed by atoms with E-state index in [4.69, 9.17) is 14.2 Å². The number of nitrogens with zero attached hydrogens (tertiary/aromatic N) is 3. The van der Waals surface area contributed by atoms with E-state index in [0.29, 0.717) is 17.9 Å². The Bertz CT molecular complexity index is 1280. The molecule has 2 bridgehead atoms. The lowest BCUT2D eigenvalue weighted by Crippen LogP contribution is -2.68. The van der Waals surface area contributed by atoms with Gasteiger partial charge >= 0.3 is 0 Å². The molecule has 7 heteroatoms. The number of ether oxygens (including phenoxy) is 3. The molecule has 0 radical (unpaired) electrons. The second kappa shape index (κ2) is 7.78. The van der Waals surface area contributed by atoms with Crippen LogP contribution in [0.1, 0.15) is 64.4 Å². The molecule has 2 unspecified atom stereocenters. The number of likely N-dealkylation sites (N-methyl/N-ethyl adjacent to an activating group) is 1. The highest BCUT2D eigenvalue weighted by molar-refractivity contribution is 5.65. The fourth-order valence-corrected chi connectivity index (χ4v) is 7.59. The third-order valence-corrected chi connectivity index (χ3v) is 8.95. The number of aromatic hydroxyl groups is 1. The third-order valence-electron chi connectivity index (χ3n) is 8.95. The van der Waals surface area contributed by atoms with Gasteiger partial charge in [-0.25, -0.2) is 0 Å². The van der Waals surface area contributed by atoms with Gasteiger partial charge in [-0.1, -0.05) is 13.0 Å². The zero-order valence-electron chi connectivity index (χ0n) is 21.3. The molecule has 1 saturated heterocycles. The van der Waals surface area contributed by atoms with Crippen LogP contribution >= 0.6 is 0 Å². The van der Waals surface area contributed by atoms with Gasteiger partial charge in [0.2, 0.25) is 6.79 Å². The van der Waals surface area contributed by atoms with Crippen molar-refractivity contribution in [3.63, 3.8) is 0 Å². The Kier molecular flexibility index (Phi) is 5.00. The highest BCUT2D eigenvalue weighted by atomic mass is 16.7. The predicted molar refractivity (Wildman–Crippen MR) is 131 cm³/mol. The number of piperazine rings is 1. The Morgan fingerprint density at radius 2 is 1.86 bits per heavy atom. The molecule has 0 aromatic heterocycles. The van der Waals surface area contributed by atoms with Crippen molar-refractivity contribution in [2.24, 2.45) is 0 Å². The minimum absolute atomic E-state index is 0.0363. The van der Waals surface area contributed by atoms with Crippen molar-refractivity contribution in [2.75, 3.05) is 21.0 Å². The summed E-state index contributed by atoms with van der Waals surface area (Å²) >= 11 is 0. The summed E-state index contributed by atoms with van der Waals surface area (Å²) in [7, 11) is 3.90. The van der Waals surface area contributed by atoms with E-state index in [1.54, 1.807) is 7.11 Å². The standard InChI is InChI=1S/C28H33N3O4/c1-7-18-23-17(25(32)15(4)27-28(23)35-12-34-27)10-20-24-22-14(3)26(33-6)13(2)8-16(22)9-19(30(24)5)21(11-29)31(18)20/h8,18-21,24,32H,7,9-10,12H2,1-6H3/t18-,19?,20-,21-,24?/m0/s1. The fraction of sp³-hybridized carbons (Fsp3) is 0.536. The molecule has 5 atom stereocenters. The summed E-state index contributed by atoms with van der Waals surface area (Å²) < 4.78 is 17.6. The summed E-state index contributed by atoms with van der Waals surface area (Å²) in [5.41, 5.74) is 7.62. The van der Waals surface area contributed by atoms with Gasteiger partial charge in [0.05, 0.1) is 19.2 Å². The smallest absolute Gasteiger partial charge is 0.231 e. The molecule has 1 N–H and O–H groups in total. The molecule has 2 aromatic rings. The Hall–Kier alpha value is -2.95. The zero-order valence-corrected chi connectivity index (χ0v) is 21.3. The van der Waals surface area contributed by atoms with Gasteiger partial charge in [-0.3, -0.25) is 9.80 Å². The van der Waals surface area contributed by atoms with Crippen LogP contribution in [0.2, 0.25) is 0 Å². The normalized spacial score (nSPS) is 28.7. The first-order valence-electron chi connectivity index (χ1n) is 12.5. The van der Waals surface area contributed by atoms with Gasteiger partial charge in [0, 0.05) is 34.8 Å². The second-order valence-corrected chi connectivity index (χ2v) is 10.5. The minimum Gasteiger partial charge on any atom is -0.507 e. The van der Waals surface area contributed by atoms with Crippen LogP contribution in [0.4, 0.5) is 0 Å². The van der Waals surface area contributed by atoms with Crippen LogP contribution in [0.15, 0.2) is 6.07 Å². The SMILES string of the molecule is CC[C@H]1c2c(c(O)c(C)c3c2OCO3)C[C@H]2C3c4c(cc(C)c(OC)c4C)CC([C@H](C#N)N12)N3C. The van der Waals surface area contributed by atoms with Crippen molar-refractivity contribution < 1.29 is 19.3 Å². The number of fused-ring (bicyclic) bond motifs is 9. The summed E-state index contributed by atoms with van der Waals surface area (Å²) in [6.07, 6.45) is 2.28. The average molecular weight is 476 g/mol. The molecule has 6 rings (SSSR count). The topological polar surface area (TPSA) is 78.2 Å². The molecule has 4 aliphatic rings. The number of phenolic OH excluding ortho intramolecular Hbond substituents is 1. The molecule has 4 aliphatic heterocycles. The number of benzene rings is 2. The molecule has 0 aliphatic carbocycles. The zero-order chi connectivity index (χ0) is 24.8. The first-order valence-corrected chi connectivity index (χ1v) is 12.5. The number of rotatable bonds is 2. The third kappa shape index (κ3) is 2.78. The van der Waals surface area contributed by atoms with E-state index in [-0.39, 0.29) is 37.0 Å². The molecule has 35 heavy (non-hydrogen) atoms. The Labute approximate surface area is 206 Å². The summed E-state index contributed by atoms with van der Waals surface area (Å²) in [4.78, 5) is 4.84. The maximum atomic E-state index is 11.3. The van der Waals surface area contributed by atoms with Crippen LogP contribution in [-0.4, -0.2) is 54.0 Å². The first-order chi connectivity index (χ1) is 16.8. The van der Waals surface area contributed by atoms with Crippen molar-refractivity contribution in [3.05, 3.63) is 45.0 Å². The molecule has 7 nitrogen and oxygen atoms in total. The van der Waals surface area contributed by atoms with E-state index in [0.717, 1.165) is 46.6 Å². The maximum Gasteiger partial charge on any atom is 0.231 e. The number of phenols is 1. The maximum absolute atomic E-state index is 11.3. The van der Waals surface area contributed by atoms with Gasteiger partial charge in [0.1, 0.15) is 17.5 Å². The van der Waals surface area contributed by atoms with E-state index in [1.807, 2.05) is 6.92 Å². The molecule has 4 heterocycles. The highest BCUT2D eigenvalue weighted by Crippen LogP contribution is 2.57. The average Bonchev–Trinajstić information content (AvgIpc) is 3.32. The number of methoxy groups -OCH3 is 1. The van der Waals surface area contributed by atoms with E-state index in [2.05, 4.69) is 49.8 Å². The molecule has 0 amide bonds. The largest absolute Gasteiger partial charge is 0.507 e. The van der Waals surface area contributed by atoms with E-state index < -0.39 is 0 Å². The Morgan fingerprint density at radius 3 is 2.54 bits per heavy atom. The van der Waals surface area contributed by atoms with Crippen molar-refractivity contribution in [1.82, 2.24) is 9.80 Å². The predicted octanol–water partition coefficient (Wildman–Crippen LogP) is 4.24. The van der Waals surface area contributed by atoms with Crippen LogP contribution in [0.25, 0.3) is 0 Å². The van der Waals surface area contributed by atoms with Crippen LogP contribution in [-0.2, 0) is 12.8 Å². The van der Waals surface area contributed by atoms with Crippen LogP contribution in [0, 0.1) is 32.1 Å². The van der Waals surface area contributed by atoms with Crippen molar-refractivity contribution >= 4 is 0 Å². The van der Waals surface area contributed by atoms with Gasteiger partial charge < -0.3 is 19.3 Å². The van der Waals surface area contributed by atoms with Crippen molar-refractivity contribution in [3.8, 4) is 29.1 Å².